The SMILES string of the molecule is CC(C)(C)CC(C)(C)F.CC(C)(C)CC(C)(C)O. The largest absolute Gasteiger partial charge is 0.390 e. The summed E-state index contributed by atoms with van der Waals surface area (Å²) in [5.41, 5.74) is -1.19. The number of halogens is 1. The Morgan fingerprint density at radius 3 is 0.944 bits per heavy atom. The molecule has 0 aromatic heterocycles. The van der Waals surface area contributed by atoms with Crippen molar-refractivity contribution in [1.82, 2.24) is 0 Å². The van der Waals surface area contributed by atoms with Crippen molar-refractivity contribution in [2.75, 3.05) is 0 Å². The summed E-state index contributed by atoms with van der Waals surface area (Å²) in [7, 11) is 0. The van der Waals surface area contributed by atoms with E-state index in [0.29, 0.717) is 6.42 Å². The molecule has 0 saturated heterocycles. The van der Waals surface area contributed by atoms with Crippen molar-refractivity contribution in [2.45, 2.75) is 93.3 Å². The molecule has 0 aliphatic heterocycles. The highest BCUT2D eigenvalue weighted by molar-refractivity contribution is 4.75. The topological polar surface area (TPSA) is 20.2 Å². The molecule has 2 heteroatoms. The van der Waals surface area contributed by atoms with Gasteiger partial charge in [-0.05, 0) is 51.4 Å². The zero-order valence-electron chi connectivity index (χ0n) is 14.2. The number of rotatable bonds is 2. The normalized spacial score (nSPS) is 14.0. The lowest BCUT2D eigenvalue weighted by Crippen LogP contribution is -2.25. The summed E-state index contributed by atoms with van der Waals surface area (Å²) in [5, 5.41) is 9.35. The van der Waals surface area contributed by atoms with Gasteiger partial charge >= 0.3 is 0 Å². The summed E-state index contributed by atoms with van der Waals surface area (Å²) < 4.78 is 12.9. The summed E-state index contributed by atoms with van der Waals surface area (Å²) in [6.07, 6.45) is 1.47. The van der Waals surface area contributed by atoms with Crippen LogP contribution in [0.2, 0.25) is 0 Å². The molecule has 0 radical (unpaired) electrons. The fraction of sp³-hybridized carbons (Fsp3) is 1.00. The van der Waals surface area contributed by atoms with E-state index in [-0.39, 0.29) is 10.8 Å². The molecule has 0 atom stereocenters. The summed E-state index contributed by atoms with van der Waals surface area (Å²) >= 11 is 0. The van der Waals surface area contributed by atoms with Crippen LogP contribution in [0, 0.1) is 10.8 Å². The molecule has 0 rings (SSSR count). The van der Waals surface area contributed by atoms with Crippen molar-refractivity contribution >= 4 is 0 Å². The minimum atomic E-state index is -1.02. The van der Waals surface area contributed by atoms with E-state index >= 15 is 0 Å². The van der Waals surface area contributed by atoms with Crippen molar-refractivity contribution in [2.24, 2.45) is 10.8 Å². The fourth-order valence-corrected chi connectivity index (χ4v) is 2.56. The standard InChI is InChI=1S/C8H17F.C8H18O/c2*1-7(2,3)6-8(4,5)9/h6H2,1-5H3;9H,6H2,1-5H3. The predicted molar refractivity (Wildman–Crippen MR) is 79.6 cm³/mol. The zero-order chi connectivity index (χ0) is 15.4. The smallest absolute Gasteiger partial charge is 0.106 e. The van der Waals surface area contributed by atoms with E-state index in [1.54, 1.807) is 13.8 Å². The second kappa shape index (κ2) is 6.36. The van der Waals surface area contributed by atoms with Crippen LogP contribution in [0.4, 0.5) is 4.39 Å². The molecule has 0 unspecified atom stereocenters. The Balaban J connectivity index is 0. The average molecular weight is 262 g/mol. The van der Waals surface area contributed by atoms with E-state index < -0.39 is 11.3 Å². The number of alkyl halides is 1. The van der Waals surface area contributed by atoms with Crippen molar-refractivity contribution in [1.29, 1.82) is 0 Å². The van der Waals surface area contributed by atoms with Gasteiger partial charge in [0.1, 0.15) is 5.67 Å². The average Bonchev–Trinajstić information content (AvgIpc) is 1.64. The maximum absolute atomic E-state index is 12.9. The van der Waals surface area contributed by atoms with Crippen molar-refractivity contribution in [3.8, 4) is 0 Å². The van der Waals surface area contributed by atoms with E-state index in [9.17, 15) is 9.50 Å². The molecule has 0 heterocycles. The van der Waals surface area contributed by atoms with Crippen LogP contribution >= 0.6 is 0 Å². The monoisotopic (exact) mass is 262 g/mol. The first-order chi connectivity index (χ1) is 7.41. The number of hydrogen-bond donors (Lipinski definition) is 1. The minimum Gasteiger partial charge on any atom is -0.390 e. The Morgan fingerprint density at radius 1 is 0.667 bits per heavy atom. The molecule has 0 amide bonds. The maximum Gasteiger partial charge on any atom is 0.106 e. The van der Waals surface area contributed by atoms with Gasteiger partial charge < -0.3 is 5.11 Å². The van der Waals surface area contributed by atoms with Gasteiger partial charge in [-0.15, -0.1) is 0 Å². The van der Waals surface area contributed by atoms with Gasteiger partial charge in [0.2, 0.25) is 0 Å². The Kier molecular flexibility index (Phi) is 7.14. The third-order valence-corrected chi connectivity index (χ3v) is 1.91. The predicted octanol–water partition coefficient (Wildman–Crippen LogP) is 5.36. The molecule has 0 fully saturated rings. The molecule has 112 valence electrons. The van der Waals surface area contributed by atoms with E-state index in [1.807, 2.05) is 34.6 Å². The van der Waals surface area contributed by atoms with Gasteiger partial charge in [0.15, 0.2) is 0 Å². The number of aliphatic hydroxyl groups is 1. The summed E-state index contributed by atoms with van der Waals surface area (Å²) in [4.78, 5) is 0. The van der Waals surface area contributed by atoms with Gasteiger partial charge in [0.05, 0.1) is 5.60 Å². The van der Waals surface area contributed by atoms with Crippen LogP contribution in [0.3, 0.4) is 0 Å². The molecule has 0 saturated carbocycles. The van der Waals surface area contributed by atoms with Crippen LogP contribution in [0.5, 0.6) is 0 Å². The lowest BCUT2D eigenvalue weighted by molar-refractivity contribution is 0.0371. The van der Waals surface area contributed by atoms with Crippen molar-refractivity contribution in [3.63, 3.8) is 0 Å². The van der Waals surface area contributed by atoms with E-state index in [4.69, 9.17) is 0 Å². The highest BCUT2D eigenvalue weighted by Gasteiger charge is 2.24. The lowest BCUT2D eigenvalue weighted by Gasteiger charge is -2.27. The molecule has 1 N–H and O–H groups in total. The molecule has 0 bridgehead atoms. The van der Waals surface area contributed by atoms with E-state index in [2.05, 4.69) is 20.8 Å². The maximum atomic E-state index is 12.9. The summed E-state index contributed by atoms with van der Waals surface area (Å²) in [6.45, 7) is 19.5. The van der Waals surface area contributed by atoms with Crippen LogP contribution in [-0.4, -0.2) is 16.4 Å². The third kappa shape index (κ3) is 24.9. The summed E-state index contributed by atoms with van der Waals surface area (Å²) in [6, 6.07) is 0. The Morgan fingerprint density at radius 2 is 0.944 bits per heavy atom. The highest BCUT2D eigenvalue weighted by Crippen LogP contribution is 2.29. The van der Waals surface area contributed by atoms with Crippen LogP contribution in [0.1, 0.15) is 82.1 Å². The molecule has 1 nitrogen and oxygen atoms in total. The van der Waals surface area contributed by atoms with Gasteiger partial charge in [0, 0.05) is 0 Å². The summed E-state index contributed by atoms with van der Waals surface area (Å²) in [5.74, 6) is 0. The van der Waals surface area contributed by atoms with Gasteiger partial charge in [-0.25, -0.2) is 4.39 Å². The van der Waals surface area contributed by atoms with Gasteiger partial charge in [-0.1, -0.05) is 41.5 Å². The minimum absolute atomic E-state index is 0.109. The molecular formula is C16H35FO. The highest BCUT2D eigenvalue weighted by atomic mass is 19.1. The van der Waals surface area contributed by atoms with Gasteiger partial charge in [-0.3, -0.25) is 0 Å². The van der Waals surface area contributed by atoms with Gasteiger partial charge in [0.25, 0.3) is 0 Å². The zero-order valence-corrected chi connectivity index (χ0v) is 14.2. The molecule has 0 aromatic carbocycles. The lowest BCUT2D eigenvalue weighted by atomic mass is 9.84. The Labute approximate surface area is 114 Å². The number of hydrogen-bond acceptors (Lipinski definition) is 1. The van der Waals surface area contributed by atoms with Crippen molar-refractivity contribution in [3.05, 3.63) is 0 Å². The molecule has 0 aliphatic rings. The van der Waals surface area contributed by atoms with Crippen LogP contribution in [0.15, 0.2) is 0 Å². The van der Waals surface area contributed by atoms with Crippen LogP contribution < -0.4 is 0 Å². The molecular weight excluding hydrogens is 227 g/mol. The second-order valence-corrected chi connectivity index (χ2v) is 9.01. The third-order valence-electron chi connectivity index (χ3n) is 1.91. The first-order valence-electron chi connectivity index (χ1n) is 6.83. The van der Waals surface area contributed by atoms with E-state index in [0.717, 1.165) is 6.42 Å². The van der Waals surface area contributed by atoms with Crippen molar-refractivity contribution < 1.29 is 9.50 Å². The molecule has 0 aromatic rings. The van der Waals surface area contributed by atoms with Crippen LogP contribution in [0.25, 0.3) is 0 Å². The Bertz CT molecular complexity index is 167. The second-order valence-electron chi connectivity index (χ2n) is 9.01. The van der Waals surface area contributed by atoms with Crippen LogP contribution in [-0.2, 0) is 0 Å². The molecule has 0 aliphatic carbocycles. The Hall–Kier alpha value is -0.110. The fourth-order valence-electron chi connectivity index (χ4n) is 2.56. The quantitative estimate of drug-likeness (QED) is 0.710. The van der Waals surface area contributed by atoms with Gasteiger partial charge in [-0.2, -0.15) is 0 Å². The van der Waals surface area contributed by atoms with E-state index in [1.165, 1.54) is 0 Å². The molecule has 0 spiro atoms. The first kappa shape index (κ1) is 20.2. The molecule has 18 heavy (non-hydrogen) atoms. The first-order valence-corrected chi connectivity index (χ1v) is 6.83.